The zero-order chi connectivity index (χ0) is 12.7. The Morgan fingerprint density at radius 3 is 2.76 bits per heavy atom. The molecule has 2 saturated carbocycles. The zero-order valence-electron chi connectivity index (χ0n) is 11.7. The predicted molar refractivity (Wildman–Crippen MR) is 68.6 cm³/mol. The highest BCUT2D eigenvalue weighted by Crippen LogP contribution is 2.55. The Morgan fingerprint density at radius 1 is 1.41 bits per heavy atom. The molecule has 2 nitrogen and oxygen atoms in total. The van der Waals surface area contributed by atoms with E-state index in [2.05, 4.69) is 13.8 Å². The van der Waals surface area contributed by atoms with Crippen LogP contribution in [-0.2, 0) is 9.53 Å². The van der Waals surface area contributed by atoms with E-state index in [-0.39, 0.29) is 17.0 Å². The van der Waals surface area contributed by atoms with E-state index in [1.807, 2.05) is 13.8 Å². The van der Waals surface area contributed by atoms with E-state index in [0.717, 1.165) is 18.8 Å². The second kappa shape index (κ2) is 4.29. The molecule has 0 aliphatic heterocycles. The van der Waals surface area contributed by atoms with Crippen molar-refractivity contribution in [3.05, 3.63) is 0 Å². The largest absolute Gasteiger partial charge is 0.459 e. The van der Waals surface area contributed by atoms with Gasteiger partial charge in [-0.1, -0.05) is 19.8 Å². The number of esters is 1. The maximum atomic E-state index is 12.2. The number of hydrogen-bond donors (Lipinski definition) is 0. The molecule has 3 atom stereocenters. The Bertz CT molecular complexity index is 308. The Balaban J connectivity index is 2.04. The standard InChI is InChI=1S/C15H26O2/c1-5-14(2,3)13(16)17-15(4)9-7-6-8-11-10-12(11)15/h11-12H,5-10H2,1-4H3. The van der Waals surface area contributed by atoms with Crippen LogP contribution in [0, 0.1) is 17.3 Å². The van der Waals surface area contributed by atoms with Crippen LogP contribution in [0.3, 0.4) is 0 Å². The van der Waals surface area contributed by atoms with Gasteiger partial charge in [-0.2, -0.15) is 0 Å². The van der Waals surface area contributed by atoms with E-state index in [1.54, 1.807) is 0 Å². The molecule has 2 aliphatic carbocycles. The van der Waals surface area contributed by atoms with Gasteiger partial charge in [-0.25, -0.2) is 0 Å². The summed E-state index contributed by atoms with van der Waals surface area (Å²) >= 11 is 0. The summed E-state index contributed by atoms with van der Waals surface area (Å²) in [6.45, 7) is 8.18. The number of ether oxygens (including phenoxy) is 1. The molecule has 0 spiro atoms. The first-order valence-electron chi connectivity index (χ1n) is 7.12. The fourth-order valence-corrected chi connectivity index (χ4v) is 3.00. The van der Waals surface area contributed by atoms with Gasteiger partial charge >= 0.3 is 5.97 Å². The Morgan fingerprint density at radius 2 is 2.12 bits per heavy atom. The van der Waals surface area contributed by atoms with Gasteiger partial charge in [-0.3, -0.25) is 4.79 Å². The van der Waals surface area contributed by atoms with Crippen LogP contribution < -0.4 is 0 Å². The van der Waals surface area contributed by atoms with Gasteiger partial charge < -0.3 is 4.74 Å². The number of rotatable bonds is 3. The van der Waals surface area contributed by atoms with E-state index in [1.165, 1.54) is 25.7 Å². The van der Waals surface area contributed by atoms with Crippen LogP contribution in [0.2, 0.25) is 0 Å². The van der Waals surface area contributed by atoms with Crippen LogP contribution in [0.4, 0.5) is 0 Å². The highest BCUT2D eigenvalue weighted by molar-refractivity contribution is 5.76. The molecule has 3 unspecified atom stereocenters. The molecule has 0 aromatic carbocycles. The van der Waals surface area contributed by atoms with Crippen LogP contribution in [0.25, 0.3) is 0 Å². The van der Waals surface area contributed by atoms with Gasteiger partial charge in [0.15, 0.2) is 0 Å². The van der Waals surface area contributed by atoms with Crippen molar-refractivity contribution in [2.75, 3.05) is 0 Å². The van der Waals surface area contributed by atoms with Gasteiger partial charge in [-0.05, 0) is 52.4 Å². The van der Waals surface area contributed by atoms with E-state index >= 15 is 0 Å². The van der Waals surface area contributed by atoms with Crippen LogP contribution in [-0.4, -0.2) is 11.6 Å². The summed E-state index contributed by atoms with van der Waals surface area (Å²) in [5.41, 5.74) is -0.510. The molecule has 0 aromatic heterocycles. The molecular formula is C15H26O2. The molecule has 0 aromatic rings. The summed E-state index contributed by atoms with van der Waals surface area (Å²) in [4.78, 5) is 12.2. The summed E-state index contributed by atoms with van der Waals surface area (Å²) in [6, 6.07) is 0. The number of carbonyl (C=O) groups excluding carboxylic acids is 1. The van der Waals surface area contributed by atoms with E-state index in [0.29, 0.717) is 5.92 Å². The van der Waals surface area contributed by atoms with Crippen molar-refractivity contribution < 1.29 is 9.53 Å². The molecule has 2 aliphatic rings. The van der Waals surface area contributed by atoms with Crippen molar-refractivity contribution in [2.45, 2.75) is 71.8 Å². The Labute approximate surface area is 105 Å². The third-order valence-electron chi connectivity index (χ3n) is 4.97. The molecule has 17 heavy (non-hydrogen) atoms. The first-order chi connectivity index (χ1) is 7.89. The smallest absolute Gasteiger partial charge is 0.312 e. The molecule has 0 heterocycles. The number of carbonyl (C=O) groups is 1. The summed E-state index contributed by atoms with van der Waals surface area (Å²) < 4.78 is 5.93. The van der Waals surface area contributed by atoms with Gasteiger partial charge in [0.05, 0.1) is 5.41 Å². The summed E-state index contributed by atoms with van der Waals surface area (Å²) in [7, 11) is 0. The number of hydrogen-bond acceptors (Lipinski definition) is 2. The maximum Gasteiger partial charge on any atom is 0.312 e. The normalized spacial score (nSPS) is 36.9. The molecular weight excluding hydrogens is 212 g/mol. The van der Waals surface area contributed by atoms with Crippen LogP contribution in [0.1, 0.15) is 66.2 Å². The lowest BCUT2D eigenvalue weighted by Crippen LogP contribution is -2.39. The minimum Gasteiger partial charge on any atom is -0.459 e. The maximum absolute atomic E-state index is 12.2. The molecule has 0 bridgehead atoms. The summed E-state index contributed by atoms with van der Waals surface area (Å²) in [6.07, 6.45) is 7.04. The predicted octanol–water partition coefficient (Wildman–Crippen LogP) is 3.93. The fourth-order valence-electron chi connectivity index (χ4n) is 3.00. The van der Waals surface area contributed by atoms with Gasteiger partial charge in [0.25, 0.3) is 0 Å². The van der Waals surface area contributed by atoms with Crippen molar-refractivity contribution in [1.82, 2.24) is 0 Å². The zero-order valence-corrected chi connectivity index (χ0v) is 11.7. The summed E-state index contributed by atoms with van der Waals surface area (Å²) in [5, 5.41) is 0. The van der Waals surface area contributed by atoms with Crippen molar-refractivity contribution >= 4 is 5.97 Å². The topological polar surface area (TPSA) is 26.3 Å². The molecule has 2 rings (SSSR count). The Hall–Kier alpha value is -0.530. The number of fused-ring (bicyclic) bond motifs is 1. The van der Waals surface area contributed by atoms with E-state index in [9.17, 15) is 4.79 Å². The first kappa shape index (κ1) is 12.9. The molecule has 98 valence electrons. The quantitative estimate of drug-likeness (QED) is 0.696. The first-order valence-corrected chi connectivity index (χ1v) is 7.12. The lowest BCUT2D eigenvalue weighted by Gasteiger charge is -2.33. The second-order valence-corrected chi connectivity index (χ2v) is 6.79. The van der Waals surface area contributed by atoms with Gasteiger partial charge in [0.1, 0.15) is 5.60 Å². The Kier molecular flexibility index (Phi) is 3.26. The van der Waals surface area contributed by atoms with Crippen LogP contribution in [0.5, 0.6) is 0 Å². The lowest BCUT2D eigenvalue weighted by molar-refractivity contribution is -0.172. The highest BCUT2D eigenvalue weighted by Gasteiger charge is 2.53. The molecule has 2 fully saturated rings. The van der Waals surface area contributed by atoms with Gasteiger partial charge in [0, 0.05) is 5.92 Å². The SMILES string of the molecule is CCC(C)(C)C(=O)OC1(C)CCCCC2CC21. The highest BCUT2D eigenvalue weighted by atomic mass is 16.6. The molecule has 0 radical (unpaired) electrons. The van der Waals surface area contributed by atoms with Crippen molar-refractivity contribution in [3.8, 4) is 0 Å². The van der Waals surface area contributed by atoms with Gasteiger partial charge in [-0.15, -0.1) is 0 Å². The third kappa shape index (κ3) is 2.51. The minimum absolute atomic E-state index is 0.00458. The van der Waals surface area contributed by atoms with E-state index < -0.39 is 0 Å². The van der Waals surface area contributed by atoms with E-state index in [4.69, 9.17) is 4.74 Å². The molecule has 0 saturated heterocycles. The monoisotopic (exact) mass is 238 g/mol. The van der Waals surface area contributed by atoms with Gasteiger partial charge in [0.2, 0.25) is 0 Å². The van der Waals surface area contributed by atoms with Crippen LogP contribution in [0.15, 0.2) is 0 Å². The third-order valence-corrected chi connectivity index (χ3v) is 4.97. The lowest BCUT2D eigenvalue weighted by atomic mass is 9.89. The van der Waals surface area contributed by atoms with Crippen LogP contribution >= 0.6 is 0 Å². The van der Waals surface area contributed by atoms with Crippen molar-refractivity contribution in [2.24, 2.45) is 17.3 Å². The average molecular weight is 238 g/mol. The van der Waals surface area contributed by atoms with Crippen molar-refractivity contribution in [3.63, 3.8) is 0 Å². The molecule has 2 heteroatoms. The average Bonchev–Trinajstić information content (AvgIpc) is 3.03. The minimum atomic E-state index is -0.334. The second-order valence-electron chi connectivity index (χ2n) is 6.79. The molecule has 0 N–H and O–H groups in total. The van der Waals surface area contributed by atoms with Crippen molar-refractivity contribution in [1.29, 1.82) is 0 Å². The fraction of sp³-hybridized carbons (Fsp3) is 0.933. The molecule has 0 amide bonds. The summed E-state index contributed by atoms with van der Waals surface area (Å²) in [5.74, 6) is 1.47.